The van der Waals surface area contributed by atoms with Gasteiger partial charge in [-0.25, -0.2) is 0 Å². The Morgan fingerprint density at radius 2 is 1.62 bits per heavy atom. The average Bonchev–Trinajstić information content (AvgIpc) is 3.20. The molecular formula is C20H27N3O2S. The molecule has 26 heavy (non-hydrogen) atoms. The summed E-state index contributed by atoms with van der Waals surface area (Å²) in [6.07, 6.45) is 9.66. The van der Waals surface area contributed by atoms with Gasteiger partial charge in [-0.15, -0.1) is 10.2 Å². The number of anilines is 1. The standard InChI is InChI=1S/C20H27N3O2S/c1-24-16-9-7-15(8-10-16)19-21-22-20(26-19)23-13-11-18(12-14-23)25-17-5-3-2-4-6-17/h7-10,17-18H,2-6,11-14H2,1H3. The van der Waals surface area contributed by atoms with Gasteiger partial charge in [-0.2, -0.15) is 0 Å². The van der Waals surface area contributed by atoms with E-state index >= 15 is 0 Å². The number of hydrogen-bond donors (Lipinski definition) is 0. The van der Waals surface area contributed by atoms with Crippen molar-refractivity contribution in [1.29, 1.82) is 0 Å². The zero-order valence-electron chi connectivity index (χ0n) is 15.4. The molecule has 140 valence electrons. The fourth-order valence-corrected chi connectivity index (χ4v) is 4.75. The molecule has 1 aromatic heterocycles. The van der Waals surface area contributed by atoms with Crippen molar-refractivity contribution in [1.82, 2.24) is 10.2 Å². The lowest BCUT2D eigenvalue weighted by Gasteiger charge is -2.34. The number of rotatable bonds is 5. The van der Waals surface area contributed by atoms with Gasteiger partial charge in [-0.1, -0.05) is 30.6 Å². The number of aromatic nitrogens is 2. The van der Waals surface area contributed by atoms with E-state index in [1.807, 2.05) is 24.3 Å². The second-order valence-corrected chi connectivity index (χ2v) is 8.16. The Kier molecular flexibility index (Phi) is 5.70. The first-order valence-electron chi connectivity index (χ1n) is 9.70. The summed E-state index contributed by atoms with van der Waals surface area (Å²) in [6.45, 7) is 2.02. The number of methoxy groups -OCH3 is 1. The molecule has 1 saturated carbocycles. The van der Waals surface area contributed by atoms with Crippen LogP contribution >= 0.6 is 11.3 Å². The lowest BCUT2D eigenvalue weighted by Crippen LogP contribution is -2.38. The second-order valence-electron chi connectivity index (χ2n) is 7.20. The Bertz CT molecular complexity index is 689. The predicted molar refractivity (Wildman–Crippen MR) is 105 cm³/mol. The summed E-state index contributed by atoms with van der Waals surface area (Å²) in [5.41, 5.74) is 1.09. The Hall–Kier alpha value is -1.66. The van der Waals surface area contributed by atoms with Crippen molar-refractivity contribution in [2.75, 3.05) is 25.1 Å². The third-order valence-electron chi connectivity index (χ3n) is 5.40. The normalized spacial score (nSPS) is 19.7. The first-order valence-corrected chi connectivity index (χ1v) is 10.5. The molecule has 1 aliphatic carbocycles. The maximum absolute atomic E-state index is 6.34. The maximum Gasteiger partial charge on any atom is 0.208 e. The Morgan fingerprint density at radius 3 is 2.31 bits per heavy atom. The number of piperidine rings is 1. The summed E-state index contributed by atoms with van der Waals surface area (Å²) in [6, 6.07) is 8.00. The summed E-state index contributed by atoms with van der Waals surface area (Å²) in [5.74, 6) is 0.860. The van der Waals surface area contributed by atoms with Crippen molar-refractivity contribution in [2.45, 2.75) is 57.2 Å². The molecule has 0 amide bonds. The van der Waals surface area contributed by atoms with Crippen molar-refractivity contribution in [3.63, 3.8) is 0 Å². The molecule has 0 atom stereocenters. The second kappa shape index (κ2) is 8.35. The van der Waals surface area contributed by atoms with Crippen LogP contribution in [0.15, 0.2) is 24.3 Å². The number of hydrogen-bond acceptors (Lipinski definition) is 6. The first-order chi connectivity index (χ1) is 12.8. The lowest BCUT2D eigenvalue weighted by atomic mass is 9.97. The van der Waals surface area contributed by atoms with Gasteiger partial charge in [0, 0.05) is 18.7 Å². The van der Waals surface area contributed by atoms with Crippen LogP contribution in [0.2, 0.25) is 0 Å². The molecule has 6 heteroatoms. The molecule has 1 aliphatic heterocycles. The zero-order valence-corrected chi connectivity index (χ0v) is 16.2. The minimum atomic E-state index is 0.420. The first kappa shape index (κ1) is 17.7. The van der Waals surface area contributed by atoms with Gasteiger partial charge in [0.25, 0.3) is 0 Å². The summed E-state index contributed by atoms with van der Waals surface area (Å²) < 4.78 is 11.6. The quantitative estimate of drug-likeness (QED) is 0.770. The van der Waals surface area contributed by atoms with Crippen LogP contribution < -0.4 is 9.64 Å². The van der Waals surface area contributed by atoms with Gasteiger partial charge in [-0.3, -0.25) is 0 Å². The van der Waals surface area contributed by atoms with Crippen LogP contribution in [-0.4, -0.2) is 42.6 Å². The molecule has 2 heterocycles. The van der Waals surface area contributed by atoms with Crippen LogP contribution in [0.5, 0.6) is 5.75 Å². The highest BCUT2D eigenvalue weighted by atomic mass is 32.1. The van der Waals surface area contributed by atoms with Gasteiger partial charge < -0.3 is 14.4 Å². The molecule has 2 aliphatic rings. The fourth-order valence-electron chi connectivity index (χ4n) is 3.85. The molecule has 5 nitrogen and oxygen atoms in total. The van der Waals surface area contributed by atoms with Crippen molar-refractivity contribution in [2.24, 2.45) is 0 Å². The maximum atomic E-state index is 6.34. The highest BCUT2D eigenvalue weighted by molar-refractivity contribution is 7.18. The van der Waals surface area contributed by atoms with Crippen LogP contribution in [0.1, 0.15) is 44.9 Å². The third-order valence-corrected chi connectivity index (χ3v) is 6.43. The molecule has 0 unspecified atom stereocenters. The lowest BCUT2D eigenvalue weighted by molar-refractivity contribution is -0.0395. The monoisotopic (exact) mass is 373 g/mol. The third kappa shape index (κ3) is 4.18. The van der Waals surface area contributed by atoms with Crippen LogP contribution in [0.25, 0.3) is 10.6 Å². The van der Waals surface area contributed by atoms with Crippen molar-refractivity contribution in [3.05, 3.63) is 24.3 Å². The smallest absolute Gasteiger partial charge is 0.208 e. The van der Waals surface area contributed by atoms with E-state index in [0.29, 0.717) is 12.2 Å². The van der Waals surface area contributed by atoms with Gasteiger partial charge in [0.2, 0.25) is 5.13 Å². The highest BCUT2D eigenvalue weighted by Gasteiger charge is 2.25. The SMILES string of the molecule is COc1ccc(-c2nnc(N3CCC(OC4CCCCC4)CC3)s2)cc1. The summed E-state index contributed by atoms with van der Waals surface area (Å²) in [4.78, 5) is 2.35. The Balaban J connectivity index is 1.32. The largest absolute Gasteiger partial charge is 0.497 e. The van der Waals surface area contributed by atoms with Gasteiger partial charge in [0.1, 0.15) is 10.8 Å². The van der Waals surface area contributed by atoms with Crippen LogP contribution in [0, 0.1) is 0 Å². The van der Waals surface area contributed by atoms with E-state index in [1.54, 1.807) is 18.4 Å². The summed E-state index contributed by atoms with van der Waals surface area (Å²) in [5, 5.41) is 10.8. The van der Waals surface area contributed by atoms with Crippen LogP contribution in [-0.2, 0) is 4.74 Å². The molecule has 1 aromatic carbocycles. The van der Waals surface area contributed by atoms with E-state index in [2.05, 4.69) is 15.1 Å². The minimum absolute atomic E-state index is 0.420. The van der Waals surface area contributed by atoms with E-state index in [1.165, 1.54) is 32.1 Å². The molecule has 2 fully saturated rings. The molecule has 4 rings (SSSR count). The molecule has 0 N–H and O–H groups in total. The van der Waals surface area contributed by atoms with Crippen molar-refractivity contribution < 1.29 is 9.47 Å². The van der Waals surface area contributed by atoms with Crippen molar-refractivity contribution in [3.8, 4) is 16.3 Å². The van der Waals surface area contributed by atoms with Gasteiger partial charge in [0.05, 0.1) is 19.3 Å². The Labute approximate surface area is 159 Å². The van der Waals surface area contributed by atoms with E-state index in [4.69, 9.17) is 9.47 Å². The molecule has 0 bridgehead atoms. The minimum Gasteiger partial charge on any atom is -0.497 e. The Morgan fingerprint density at radius 1 is 0.923 bits per heavy atom. The van der Waals surface area contributed by atoms with Crippen LogP contribution in [0.3, 0.4) is 0 Å². The van der Waals surface area contributed by atoms with Gasteiger partial charge in [0.15, 0.2) is 0 Å². The number of benzene rings is 1. The van der Waals surface area contributed by atoms with Crippen LogP contribution in [0.4, 0.5) is 5.13 Å². The van der Waals surface area contributed by atoms with Gasteiger partial charge >= 0.3 is 0 Å². The van der Waals surface area contributed by atoms with Gasteiger partial charge in [-0.05, 0) is 49.9 Å². The zero-order chi connectivity index (χ0) is 17.8. The topological polar surface area (TPSA) is 47.5 Å². The average molecular weight is 374 g/mol. The van der Waals surface area contributed by atoms with Crippen molar-refractivity contribution >= 4 is 16.5 Å². The van der Waals surface area contributed by atoms with E-state index in [0.717, 1.165) is 47.4 Å². The summed E-state index contributed by atoms with van der Waals surface area (Å²) in [7, 11) is 1.68. The molecular weight excluding hydrogens is 346 g/mol. The highest BCUT2D eigenvalue weighted by Crippen LogP contribution is 2.32. The molecule has 2 aromatic rings. The molecule has 0 radical (unpaired) electrons. The van der Waals surface area contributed by atoms with E-state index in [-0.39, 0.29) is 0 Å². The van der Waals surface area contributed by atoms with E-state index in [9.17, 15) is 0 Å². The predicted octanol–water partition coefficient (Wildman–Crippen LogP) is 4.53. The fraction of sp³-hybridized carbons (Fsp3) is 0.600. The van der Waals surface area contributed by atoms with E-state index < -0.39 is 0 Å². The molecule has 0 spiro atoms. The summed E-state index contributed by atoms with van der Waals surface area (Å²) >= 11 is 1.66. The number of nitrogens with zero attached hydrogens (tertiary/aromatic N) is 3. The number of ether oxygens (including phenoxy) is 2. The molecule has 1 saturated heterocycles.